The minimum Gasteiger partial charge on any atom is -0.298 e. The molecule has 22 heavy (non-hydrogen) atoms. The predicted molar refractivity (Wildman–Crippen MR) is 86.7 cm³/mol. The molecule has 0 saturated carbocycles. The third-order valence-electron chi connectivity index (χ3n) is 3.19. The molecule has 0 fully saturated rings. The Hall–Kier alpha value is -2.28. The van der Waals surface area contributed by atoms with E-state index in [2.05, 4.69) is 10.3 Å². The largest absolute Gasteiger partial charge is 0.298 e. The average Bonchev–Trinajstić information content (AvgIpc) is 2.85. The summed E-state index contributed by atoms with van der Waals surface area (Å²) in [6, 6.07) is 3.21. The Bertz CT molecular complexity index is 738. The van der Waals surface area contributed by atoms with E-state index in [0.29, 0.717) is 16.6 Å². The molecule has 0 bridgehead atoms. The van der Waals surface area contributed by atoms with Crippen molar-refractivity contribution in [2.24, 2.45) is 0 Å². The van der Waals surface area contributed by atoms with Crippen LogP contribution in [0.15, 0.2) is 18.3 Å². The van der Waals surface area contributed by atoms with Gasteiger partial charge < -0.3 is 0 Å². The van der Waals surface area contributed by atoms with Crippen molar-refractivity contribution >= 4 is 28.1 Å². The first-order chi connectivity index (χ1) is 10.3. The molecule has 1 heterocycles. The van der Waals surface area contributed by atoms with Crippen LogP contribution in [0.3, 0.4) is 0 Å². The van der Waals surface area contributed by atoms with Gasteiger partial charge in [-0.25, -0.2) is 4.98 Å². The summed E-state index contributed by atoms with van der Waals surface area (Å²) in [5, 5.41) is 14.3. The summed E-state index contributed by atoms with van der Waals surface area (Å²) in [4.78, 5) is 28.3. The van der Waals surface area contributed by atoms with E-state index in [4.69, 9.17) is 0 Å². The standard InChI is InChI=1S/C15H17N3O3S/c1-8(2)12-7-16-15(22-12)17-14(19)11-6-9(3)5-10(4)13(11)18(20)21/h5-8H,1-4H3,(H,16,17,19). The minimum absolute atomic E-state index is 0.0591. The fourth-order valence-electron chi connectivity index (χ4n) is 2.15. The van der Waals surface area contributed by atoms with Gasteiger partial charge in [-0.2, -0.15) is 0 Å². The Morgan fingerprint density at radius 1 is 1.36 bits per heavy atom. The number of carbonyl (C=O) groups excluding carboxylic acids is 1. The number of nitrogens with zero attached hydrogens (tertiary/aromatic N) is 2. The maximum atomic E-state index is 12.4. The highest BCUT2D eigenvalue weighted by Gasteiger charge is 2.24. The van der Waals surface area contributed by atoms with Crippen molar-refractivity contribution in [3.8, 4) is 0 Å². The molecule has 0 unspecified atom stereocenters. The molecule has 7 heteroatoms. The zero-order valence-electron chi connectivity index (χ0n) is 12.8. The van der Waals surface area contributed by atoms with Crippen molar-refractivity contribution in [1.82, 2.24) is 4.98 Å². The molecule has 0 radical (unpaired) electrons. The number of hydrogen-bond donors (Lipinski definition) is 1. The third kappa shape index (κ3) is 3.30. The fraction of sp³-hybridized carbons (Fsp3) is 0.333. The van der Waals surface area contributed by atoms with Gasteiger partial charge in [-0.1, -0.05) is 13.8 Å². The monoisotopic (exact) mass is 319 g/mol. The Kier molecular flexibility index (Phi) is 4.56. The first-order valence-corrected chi connectivity index (χ1v) is 7.64. The topological polar surface area (TPSA) is 85.1 Å². The van der Waals surface area contributed by atoms with Gasteiger partial charge in [0.05, 0.1) is 4.92 Å². The predicted octanol–water partition coefficient (Wildman–Crippen LogP) is 4.04. The van der Waals surface area contributed by atoms with Gasteiger partial charge in [0.15, 0.2) is 5.13 Å². The van der Waals surface area contributed by atoms with Crippen molar-refractivity contribution in [3.05, 3.63) is 50.0 Å². The zero-order valence-corrected chi connectivity index (χ0v) is 13.7. The molecule has 1 aromatic heterocycles. The van der Waals surface area contributed by atoms with Gasteiger partial charge in [-0.3, -0.25) is 20.2 Å². The second-order valence-corrected chi connectivity index (χ2v) is 6.47. The number of nitrogens with one attached hydrogen (secondary N) is 1. The summed E-state index contributed by atoms with van der Waals surface area (Å²) in [6.07, 6.45) is 1.71. The van der Waals surface area contributed by atoms with Gasteiger partial charge in [0.25, 0.3) is 11.6 Å². The number of benzene rings is 1. The number of anilines is 1. The summed E-state index contributed by atoms with van der Waals surface area (Å²) in [7, 11) is 0. The maximum Gasteiger partial charge on any atom is 0.285 e. The molecule has 0 aliphatic rings. The summed E-state index contributed by atoms with van der Waals surface area (Å²) in [6.45, 7) is 7.50. The Morgan fingerprint density at radius 2 is 2.05 bits per heavy atom. The molecule has 1 amide bonds. The average molecular weight is 319 g/mol. The van der Waals surface area contributed by atoms with E-state index in [-0.39, 0.29) is 11.3 Å². The number of carbonyl (C=O) groups is 1. The summed E-state index contributed by atoms with van der Waals surface area (Å²) < 4.78 is 0. The van der Waals surface area contributed by atoms with Gasteiger partial charge in [0, 0.05) is 16.6 Å². The van der Waals surface area contributed by atoms with Crippen molar-refractivity contribution in [1.29, 1.82) is 0 Å². The number of rotatable bonds is 4. The van der Waals surface area contributed by atoms with E-state index in [1.807, 2.05) is 13.8 Å². The second-order valence-electron chi connectivity index (χ2n) is 5.41. The molecule has 0 saturated heterocycles. The maximum absolute atomic E-state index is 12.4. The van der Waals surface area contributed by atoms with Crippen molar-refractivity contribution in [2.75, 3.05) is 5.32 Å². The van der Waals surface area contributed by atoms with Crippen LogP contribution >= 0.6 is 11.3 Å². The lowest BCUT2D eigenvalue weighted by atomic mass is 10.0. The van der Waals surface area contributed by atoms with Crippen LogP contribution in [0.25, 0.3) is 0 Å². The molecule has 1 aromatic carbocycles. The van der Waals surface area contributed by atoms with Crippen molar-refractivity contribution in [3.63, 3.8) is 0 Å². The first-order valence-electron chi connectivity index (χ1n) is 6.82. The molecule has 0 atom stereocenters. The summed E-state index contributed by atoms with van der Waals surface area (Å²) in [5.41, 5.74) is 1.17. The van der Waals surface area contributed by atoms with Gasteiger partial charge in [0.2, 0.25) is 0 Å². The quantitative estimate of drug-likeness (QED) is 0.680. The number of amides is 1. The molecule has 116 valence electrons. The van der Waals surface area contributed by atoms with E-state index in [1.165, 1.54) is 17.4 Å². The zero-order chi connectivity index (χ0) is 16.4. The lowest BCUT2D eigenvalue weighted by Crippen LogP contribution is -2.14. The van der Waals surface area contributed by atoms with Crippen LogP contribution in [0.2, 0.25) is 0 Å². The second kappa shape index (κ2) is 6.23. The summed E-state index contributed by atoms with van der Waals surface area (Å²) >= 11 is 1.37. The van der Waals surface area contributed by atoms with E-state index in [9.17, 15) is 14.9 Å². The summed E-state index contributed by atoms with van der Waals surface area (Å²) in [5.74, 6) is -0.193. The van der Waals surface area contributed by atoms with Gasteiger partial charge in [0.1, 0.15) is 5.56 Å². The number of aromatic nitrogens is 1. The highest BCUT2D eigenvalue weighted by atomic mass is 32.1. The smallest absolute Gasteiger partial charge is 0.285 e. The first kappa shape index (κ1) is 16.1. The fourth-order valence-corrected chi connectivity index (χ4v) is 2.96. The molecular formula is C15H17N3O3S. The van der Waals surface area contributed by atoms with E-state index < -0.39 is 10.8 Å². The molecule has 6 nitrogen and oxygen atoms in total. The molecular weight excluding hydrogens is 302 g/mol. The van der Waals surface area contributed by atoms with E-state index >= 15 is 0 Å². The Balaban J connectivity index is 2.34. The SMILES string of the molecule is Cc1cc(C)c([N+](=O)[O-])c(C(=O)Nc2ncc(C(C)C)s2)c1. The molecule has 2 aromatic rings. The molecule has 0 spiro atoms. The van der Waals surface area contributed by atoms with Crippen LogP contribution in [-0.4, -0.2) is 15.8 Å². The molecule has 0 aliphatic heterocycles. The lowest BCUT2D eigenvalue weighted by molar-refractivity contribution is -0.385. The Morgan fingerprint density at radius 3 is 2.59 bits per heavy atom. The number of nitro benzene ring substituents is 1. The van der Waals surface area contributed by atoms with Gasteiger partial charge >= 0.3 is 0 Å². The number of nitro groups is 1. The highest BCUT2D eigenvalue weighted by molar-refractivity contribution is 7.15. The minimum atomic E-state index is -0.523. The van der Waals surface area contributed by atoms with Crippen molar-refractivity contribution < 1.29 is 9.72 Å². The van der Waals surface area contributed by atoms with Crippen LogP contribution in [0.1, 0.15) is 46.1 Å². The molecule has 1 N–H and O–H groups in total. The van der Waals surface area contributed by atoms with Gasteiger partial charge in [-0.15, -0.1) is 11.3 Å². The number of aryl methyl sites for hydroxylation is 2. The Labute approximate surface area is 132 Å². The highest BCUT2D eigenvalue weighted by Crippen LogP contribution is 2.28. The third-order valence-corrected chi connectivity index (χ3v) is 4.40. The number of hydrogen-bond acceptors (Lipinski definition) is 5. The van der Waals surface area contributed by atoms with E-state index in [0.717, 1.165) is 10.4 Å². The van der Waals surface area contributed by atoms with Crippen LogP contribution in [0.4, 0.5) is 10.8 Å². The molecule has 0 aliphatic carbocycles. The lowest BCUT2D eigenvalue weighted by Gasteiger charge is -2.07. The van der Waals surface area contributed by atoms with Crippen LogP contribution in [-0.2, 0) is 0 Å². The van der Waals surface area contributed by atoms with Crippen LogP contribution in [0, 0.1) is 24.0 Å². The number of thiazole rings is 1. The van der Waals surface area contributed by atoms with Gasteiger partial charge in [-0.05, 0) is 37.5 Å². The van der Waals surface area contributed by atoms with Crippen LogP contribution in [0.5, 0.6) is 0 Å². The van der Waals surface area contributed by atoms with Crippen LogP contribution < -0.4 is 5.32 Å². The van der Waals surface area contributed by atoms with E-state index in [1.54, 1.807) is 26.1 Å². The van der Waals surface area contributed by atoms with Crippen molar-refractivity contribution in [2.45, 2.75) is 33.6 Å². The normalized spacial score (nSPS) is 10.8. The molecule has 2 rings (SSSR count).